The number of ether oxygens (including phenoxy) is 1. The average Bonchev–Trinajstić information content (AvgIpc) is 3.16. The predicted molar refractivity (Wildman–Crippen MR) is 99.6 cm³/mol. The molecule has 0 aliphatic carbocycles. The summed E-state index contributed by atoms with van der Waals surface area (Å²) in [6.45, 7) is 1.15. The number of carbonyl (C=O) groups is 1. The number of benzene rings is 1. The summed E-state index contributed by atoms with van der Waals surface area (Å²) < 4.78 is 21.3. The van der Waals surface area contributed by atoms with Crippen LogP contribution in [-0.4, -0.2) is 43.6 Å². The van der Waals surface area contributed by atoms with Crippen LogP contribution in [0.15, 0.2) is 48.9 Å². The Labute approximate surface area is 161 Å². The topological polar surface area (TPSA) is 73.1 Å². The minimum atomic E-state index is -0.463. The van der Waals surface area contributed by atoms with Gasteiger partial charge in [0, 0.05) is 44.6 Å². The lowest BCUT2D eigenvalue weighted by atomic mass is 9.94. The van der Waals surface area contributed by atoms with Gasteiger partial charge in [-0.3, -0.25) is 14.5 Å². The number of halogens is 1. The first-order chi connectivity index (χ1) is 13.6. The van der Waals surface area contributed by atoms with Gasteiger partial charge < -0.3 is 9.64 Å². The normalized spacial score (nSPS) is 16.8. The molecule has 4 rings (SSSR count). The number of hydrogen-bond acceptors (Lipinski definition) is 5. The van der Waals surface area contributed by atoms with Gasteiger partial charge in [0.2, 0.25) is 5.88 Å². The molecule has 1 aromatic carbocycles. The lowest BCUT2D eigenvalue weighted by molar-refractivity contribution is 0.0698. The van der Waals surface area contributed by atoms with Gasteiger partial charge in [0.1, 0.15) is 11.4 Å². The minimum absolute atomic E-state index is 0.0446. The first-order valence-electron chi connectivity index (χ1n) is 9.14. The molecule has 2 aromatic heterocycles. The molecular formula is C20H20FN5O2. The van der Waals surface area contributed by atoms with Gasteiger partial charge in [-0.1, -0.05) is 12.1 Å². The number of piperidine rings is 1. The predicted octanol–water partition coefficient (Wildman–Crippen LogP) is 3.16. The zero-order valence-electron chi connectivity index (χ0n) is 15.5. The zero-order valence-corrected chi connectivity index (χ0v) is 15.5. The van der Waals surface area contributed by atoms with E-state index >= 15 is 0 Å². The Kier molecular flexibility index (Phi) is 5.01. The Hall–Kier alpha value is -3.29. The van der Waals surface area contributed by atoms with Gasteiger partial charge in [0.15, 0.2) is 11.6 Å². The Morgan fingerprint density at radius 2 is 2.04 bits per heavy atom. The average molecular weight is 381 g/mol. The fourth-order valence-electron chi connectivity index (χ4n) is 3.40. The van der Waals surface area contributed by atoms with Gasteiger partial charge in [-0.05, 0) is 31.0 Å². The minimum Gasteiger partial charge on any atom is -0.434 e. The van der Waals surface area contributed by atoms with Crippen molar-refractivity contribution in [3.05, 3.63) is 66.1 Å². The van der Waals surface area contributed by atoms with E-state index in [2.05, 4.69) is 15.1 Å². The highest BCUT2D eigenvalue weighted by molar-refractivity contribution is 5.92. The van der Waals surface area contributed by atoms with Crippen LogP contribution in [0.4, 0.5) is 4.39 Å². The van der Waals surface area contributed by atoms with Crippen LogP contribution in [0.3, 0.4) is 0 Å². The molecule has 3 aromatic rings. The van der Waals surface area contributed by atoms with Crippen LogP contribution in [0.1, 0.15) is 34.9 Å². The second-order valence-electron chi connectivity index (χ2n) is 6.74. The molecule has 1 aliphatic rings. The smallest absolute Gasteiger partial charge is 0.274 e. The van der Waals surface area contributed by atoms with E-state index in [1.807, 2.05) is 0 Å². The highest BCUT2D eigenvalue weighted by Crippen LogP contribution is 2.33. The Morgan fingerprint density at radius 1 is 1.21 bits per heavy atom. The van der Waals surface area contributed by atoms with Crippen molar-refractivity contribution in [3.63, 3.8) is 0 Å². The quantitative estimate of drug-likeness (QED) is 0.694. The van der Waals surface area contributed by atoms with Gasteiger partial charge in [-0.2, -0.15) is 5.10 Å². The summed E-state index contributed by atoms with van der Waals surface area (Å²) in [4.78, 5) is 23.2. The molecule has 0 spiro atoms. The first kappa shape index (κ1) is 18.1. The van der Waals surface area contributed by atoms with E-state index in [-0.39, 0.29) is 23.5 Å². The Morgan fingerprint density at radius 3 is 2.82 bits per heavy atom. The van der Waals surface area contributed by atoms with E-state index in [9.17, 15) is 9.18 Å². The Balaban J connectivity index is 1.55. The van der Waals surface area contributed by atoms with Crippen LogP contribution >= 0.6 is 0 Å². The van der Waals surface area contributed by atoms with Crippen molar-refractivity contribution < 1.29 is 13.9 Å². The highest BCUT2D eigenvalue weighted by atomic mass is 19.1. The summed E-state index contributed by atoms with van der Waals surface area (Å²) >= 11 is 0. The Bertz CT molecular complexity index is 990. The third kappa shape index (κ3) is 3.71. The molecule has 1 unspecified atom stereocenters. The molecule has 8 heteroatoms. The summed E-state index contributed by atoms with van der Waals surface area (Å²) in [5, 5.41) is 4.20. The molecule has 1 aliphatic heterocycles. The molecule has 1 amide bonds. The lowest BCUT2D eigenvalue weighted by Gasteiger charge is -2.32. The lowest BCUT2D eigenvalue weighted by Crippen LogP contribution is -2.39. The van der Waals surface area contributed by atoms with E-state index in [0.717, 1.165) is 12.8 Å². The van der Waals surface area contributed by atoms with Gasteiger partial charge >= 0.3 is 0 Å². The molecule has 7 nitrogen and oxygen atoms in total. The number of aromatic nitrogens is 4. The van der Waals surface area contributed by atoms with Crippen molar-refractivity contribution in [2.24, 2.45) is 7.05 Å². The van der Waals surface area contributed by atoms with Crippen LogP contribution in [0.2, 0.25) is 0 Å². The highest BCUT2D eigenvalue weighted by Gasteiger charge is 2.29. The van der Waals surface area contributed by atoms with Crippen LogP contribution in [-0.2, 0) is 7.05 Å². The molecule has 0 bridgehead atoms. The maximum Gasteiger partial charge on any atom is 0.274 e. The molecule has 1 saturated heterocycles. The zero-order chi connectivity index (χ0) is 19.5. The molecule has 0 saturated carbocycles. The van der Waals surface area contributed by atoms with E-state index in [1.54, 1.807) is 53.3 Å². The molecule has 144 valence electrons. The maximum atomic E-state index is 14.0. The number of amides is 1. The third-order valence-electron chi connectivity index (χ3n) is 4.76. The molecule has 1 atom stereocenters. The molecule has 1 fully saturated rings. The van der Waals surface area contributed by atoms with Gasteiger partial charge in [-0.25, -0.2) is 9.37 Å². The fourth-order valence-corrected chi connectivity index (χ4v) is 3.40. The van der Waals surface area contributed by atoms with Gasteiger partial charge in [0.25, 0.3) is 5.91 Å². The van der Waals surface area contributed by atoms with E-state index in [4.69, 9.17) is 4.74 Å². The van der Waals surface area contributed by atoms with Crippen molar-refractivity contribution in [3.8, 4) is 11.6 Å². The largest absolute Gasteiger partial charge is 0.434 e. The van der Waals surface area contributed by atoms with E-state index in [0.29, 0.717) is 24.5 Å². The monoisotopic (exact) mass is 381 g/mol. The number of para-hydroxylation sites is 1. The van der Waals surface area contributed by atoms with E-state index < -0.39 is 5.82 Å². The molecule has 28 heavy (non-hydrogen) atoms. The summed E-state index contributed by atoms with van der Waals surface area (Å²) in [5.74, 6) is -0.247. The summed E-state index contributed by atoms with van der Waals surface area (Å²) in [7, 11) is 1.78. The van der Waals surface area contributed by atoms with Crippen LogP contribution in [0.25, 0.3) is 0 Å². The van der Waals surface area contributed by atoms with Crippen LogP contribution in [0.5, 0.6) is 11.6 Å². The van der Waals surface area contributed by atoms with Gasteiger partial charge in [0.05, 0.1) is 0 Å². The van der Waals surface area contributed by atoms with E-state index in [1.165, 1.54) is 12.3 Å². The second-order valence-corrected chi connectivity index (χ2v) is 6.74. The number of hydrogen-bond donors (Lipinski definition) is 0. The van der Waals surface area contributed by atoms with Gasteiger partial charge in [-0.15, -0.1) is 0 Å². The number of nitrogens with zero attached hydrogens (tertiary/aromatic N) is 5. The van der Waals surface area contributed by atoms with Crippen molar-refractivity contribution in [2.75, 3.05) is 13.1 Å². The summed E-state index contributed by atoms with van der Waals surface area (Å²) in [6, 6.07) is 7.89. The molecular weight excluding hydrogens is 361 g/mol. The van der Waals surface area contributed by atoms with Crippen molar-refractivity contribution in [1.29, 1.82) is 0 Å². The second kappa shape index (κ2) is 7.75. The number of likely N-dealkylation sites (tertiary alicyclic amines) is 1. The van der Waals surface area contributed by atoms with Crippen molar-refractivity contribution >= 4 is 5.91 Å². The standard InChI is InChI=1S/C20H20FN5O2/c1-25-12-8-16(24-25)20(27)26-11-4-5-14(13-26)18-19(23-10-9-22-18)28-17-7-3-2-6-15(17)21/h2-3,6-10,12,14H,4-5,11,13H2,1H3. The SMILES string of the molecule is Cn1ccc(C(=O)N2CCCC(c3nccnc3Oc3ccccc3F)C2)n1. The van der Waals surface area contributed by atoms with Crippen molar-refractivity contribution in [2.45, 2.75) is 18.8 Å². The summed E-state index contributed by atoms with van der Waals surface area (Å²) in [5.41, 5.74) is 1.05. The number of rotatable bonds is 4. The van der Waals surface area contributed by atoms with Crippen molar-refractivity contribution in [1.82, 2.24) is 24.6 Å². The number of carbonyl (C=O) groups excluding carboxylic acids is 1. The van der Waals surface area contributed by atoms with Crippen LogP contribution < -0.4 is 4.74 Å². The third-order valence-corrected chi connectivity index (χ3v) is 4.76. The molecule has 0 radical (unpaired) electrons. The maximum absolute atomic E-state index is 14.0. The molecule has 0 N–H and O–H groups in total. The number of aryl methyl sites for hydroxylation is 1. The summed E-state index contributed by atoms with van der Waals surface area (Å²) in [6.07, 6.45) is 6.53. The van der Waals surface area contributed by atoms with Crippen LogP contribution in [0, 0.1) is 5.82 Å². The first-order valence-corrected chi connectivity index (χ1v) is 9.14. The fraction of sp³-hybridized carbons (Fsp3) is 0.300. The molecule has 3 heterocycles.